The van der Waals surface area contributed by atoms with Gasteiger partial charge in [-0.1, -0.05) is 30.3 Å². The molecule has 2 fully saturated rings. The van der Waals surface area contributed by atoms with Gasteiger partial charge in [-0.05, 0) is 18.4 Å². The summed E-state index contributed by atoms with van der Waals surface area (Å²) in [5, 5.41) is 29.1. The zero-order valence-electron chi connectivity index (χ0n) is 19.7. The van der Waals surface area contributed by atoms with E-state index in [-0.39, 0.29) is 27.9 Å². The first-order valence-electron chi connectivity index (χ1n) is 10.6. The maximum Gasteiger partial charge on any atom is 0.326 e. The van der Waals surface area contributed by atoms with Crippen molar-refractivity contribution in [2.45, 2.75) is 56.5 Å². The third kappa shape index (κ3) is 16.8. The van der Waals surface area contributed by atoms with Crippen LogP contribution in [0.3, 0.4) is 0 Å². The fraction of sp³-hybridized carbons (Fsp3) is 0.619. The Bertz CT molecular complexity index is 622. The van der Waals surface area contributed by atoms with E-state index < -0.39 is 24.2 Å². The van der Waals surface area contributed by atoms with Gasteiger partial charge in [0.05, 0.1) is 25.4 Å². The van der Waals surface area contributed by atoms with Crippen molar-refractivity contribution in [3.05, 3.63) is 35.9 Å². The van der Waals surface area contributed by atoms with Crippen molar-refractivity contribution in [3.63, 3.8) is 0 Å². The van der Waals surface area contributed by atoms with Gasteiger partial charge in [-0.3, -0.25) is 4.79 Å². The Hall–Kier alpha value is -0.790. The number of rotatable bonds is 4. The van der Waals surface area contributed by atoms with E-state index in [0.717, 1.165) is 18.4 Å². The van der Waals surface area contributed by atoms with Crippen LogP contribution in [-0.2, 0) is 25.5 Å². The number of hydrogen-bond acceptors (Lipinski definition) is 8. The third-order valence-electron chi connectivity index (χ3n) is 4.71. The fourth-order valence-corrected chi connectivity index (χ4v) is 2.77. The van der Waals surface area contributed by atoms with Gasteiger partial charge in [-0.25, -0.2) is 4.79 Å². The molecule has 2 heterocycles. The van der Waals surface area contributed by atoms with Gasteiger partial charge in [-0.2, -0.15) is 9.90 Å². The molecule has 8 atom stereocenters. The molecule has 0 saturated carbocycles. The van der Waals surface area contributed by atoms with E-state index >= 15 is 0 Å². The highest BCUT2D eigenvalue weighted by atomic mass is 32.0. The van der Waals surface area contributed by atoms with Crippen molar-refractivity contribution in [1.29, 1.82) is 0 Å². The molecule has 198 valence electrons. The minimum atomic E-state index is -1.02. The van der Waals surface area contributed by atoms with Gasteiger partial charge in [0.25, 0.3) is 0 Å². The van der Waals surface area contributed by atoms with Crippen molar-refractivity contribution in [3.8, 4) is 0 Å². The first kappa shape index (κ1) is 35.4. The summed E-state index contributed by atoms with van der Waals surface area (Å²) in [7, 11) is 4.67. The lowest BCUT2D eigenvalue weighted by Crippen LogP contribution is -2.42. The molecule has 34 heavy (non-hydrogen) atoms. The number of nitrogens with two attached hydrogens (primary N) is 2. The Morgan fingerprint density at radius 3 is 1.76 bits per heavy atom. The van der Waals surface area contributed by atoms with Crippen molar-refractivity contribution in [2.75, 3.05) is 26.4 Å². The van der Waals surface area contributed by atoms with Gasteiger partial charge in [0.1, 0.15) is 6.04 Å². The summed E-state index contributed by atoms with van der Waals surface area (Å²) in [6, 6.07) is 8.20. The molecule has 0 aromatic heterocycles. The van der Waals surface area contributed by atoms with E-state index in [1.54, 1.807) is 0 Å². The monoisotopic (exact) mass is 541 g/mol. The fourth-order valence-electron chi connectivity index (χ4n) is 2.77. The quantitative estimate of drug-likeness (QED) is 0.280. The summed E-state index contributed by atoms with van der Waals surface area (Å²) in [5.41, 5.74) is 11.8. The highest BCUT2D eigenvalue weighted by Gasteiger charge is 2.20. The largest absolute Gasteiger partial charge is 0.480 e. The van der Waals surface area contributed by atoms with Crippen molar-refractivity contribution >= 4 is 39.6 Å². The molecular formula is C21H42N3O7P3. The third-order valence-corrected chi connectivity index (χ3v) is 4.71. The minimum Gasteiger partial charge on any atom is -0.480 e. The van der Waals surface area contributed by atoms with Gasteiger partial charge in [0.2, 0.25) is 5.91 Å². The predicted octanol–water partition coefficient (Wildman–Crippen LogP) is -0.282. The number of benzene rings is 1. The Balaban J connectivity index is 0. The standard InChI is InChI=1S/C11H13NO3.2C5H11NO2.H4P2.H3P/c1-8(13)12-10(11(14)15)7-9-5-3-2-4-6-9;2*6-4-1-2-8-3-5(4)7;1-2;/h2-6,10H,7H2,1H3,(H,12,13)(H,14,15);2*4-5,7H,1-3,6H2;1-2H2;1H3/t10-;2*4-,5-;;/m100../s1. The number of carbonyl (C=O) groups excluding carboxylic acids is 1. The van der Waals surface area contributed by atoms with Crippen LogP contribution in [0.4, 0.5) is 0 Å². The summed E-state index contributed by atoms with van der Waals surface area (Å²) >= 11 is 0. The molecule has 3 rings (SSSR count). The Morgan fingerprint density at radius 2 is 1.47 bits per heavy atom. The van der Waals surface area contributed by atoms with Crippen LogP contribution >= 0.6 is 27.8 Å². The second-order valence-electron chi connectivity index (χ2n) is 7.47. The lowest BCUT2D eigenvalue weighted by atomic mass is 10.1. The summed E-state index contributed by atoms with van der Waals surface area (Å²) in [5.74, 6) is -1.35. The smallest absolute Gasteiger partial charge is 0.326 e. The number of aliphatic hydroxyl groups is 2. The van der Waals surface area contributed by atoms with E-state index in [9.17, 15) is 9.59 Å². The van der Waals surface area contributed by atoms with Crippen LogP contribution in [0.15, 0.2) is 30.3 Å². The first-order valence-corrected chi connectivity index (χ1v) is 13.3. The molecule has 10 nitrogen and oxygen atoms in total. The van der Waals surface area contributed by atoms with E-state index in [4.69, 9.17) is 36.3 Å². The molecule has 3 unspecified atom stereocenters. The Kier molecular flexibility index (Phi) is 22.4. The first-order chi connectivity index (χ1) is 15.7. The normalized spacial score (nSPS) is 24.1. The molecule has 1 aromatic rings. The number of carboxylic acids is 1. The molecule has 0 radical (unpaired) electrons. The van der Waals surface area contributed by atoms with Gasteiger partial charge in [0.15, 0.2) is 0 Å². The number of hydrogen-bond donors (Lipinski definition) is 6. The number of aliphatic carboxylic acids is 1. The molecule has 0 aliphatic carbocycles. The van der Waals surface area contributed by atoms with Gasteiger partial charge in [0, 0.05) is 38.6 Å². The predicted molar refractivity (Wildman–Crippen MR) is 145 cm³/mol. The van der Waals surface area contributed by atoms with Crippen LogP contribution in [0.2, 0.25) is 0 Å². The SMILES string of the molecule is CC(=O)N[C@H](Cc1ccccc1)C(=O)O.N[C@H]1CCOC[C@@H]1O.N[C@H]1CCOC[C@@H]1O.P.PP. The highest BCUT2D eigenvalue weighted by molar-refractivity contribution is 7.92. The van der Waals surface area contributed by atoms with E-state index in [1.165, 1.54) is 6.92 Å². The van der Waals surface area contributed by atoms with Crippen LogP contribution in [0, 0.1) is 0 Å². The molecule has 8 N–H and O–H groups in total. The van der Waals surface area contributed by atoms with Crippen molar-refractivity contribution in [2.24, 2.45) is 11.5 Å². The number of carboxylic acid groups (broad SMARTS) is 1. The summed E-state index contributed by atoms with van der Waals surface area (Å²) in [4.78, 5) is 21.6. The van der Waals surface area contributed by atoms with Crippen LogP contribution in [-0.4, -0.2) is 84.0 Å². The molecule has 1 aromatic carbocycles. The second-order valence-corrected chi connectivity index (χ2v) is 7.47. The number of nitrogens with one attached hydrogen (secondary N) is 1. The van der Waals surface area contributed by atoms with Gasteiger partial charge >= 0.3 is 5.97 Å². The van der Waals surface area contributed by atoms with E-state index in [1.807, 2.05) is 30.3 Å². The van der Waals surface area contributed by atoms with Crippen molar-refractivity contribution < 1.29 is 34.4 Å². The number of carbonyl (C=O) groups is 2. The second kappa shape index (κ2) is 21.5. The average molecular weight is 542 g/mol. The summed E-state index contributed by atoms with van der Waals surface area (Å²) in [6.07, 6.45) is 0.977. The lowest BCUT2D eigenvalue weighted by molar-refractivity contribution is -0.141. The minimum absolute atomic E-state index is 0. The van der Waals surface area contributed by atoms with Gasteiger partial charge in [-0.15, -0.1) is 17.9 Å². The van der Waals surface area contributed by atoms with Crippen LogP contribution in [0.25, 0.3) is 0 Å². The van der Waals surface area contributed by atoms with Crippen molar-refractivity contribution in [1.82, 2.24) is 5.32 Å². The molecule has 0 bridgehead atoms. The lowest BCUT2D eigenvalue weighted by Gasteiger charge is -2.23. The molecular weight excluding hydrogens is 499 g/mol. The Labute approximate surface area is 209 Å². The maximum atomic E-state index is 10.8. The molecule has 2 aliphatic heterocycles. The van der Waals surface area contributed by atoms with E-state index in [0.29, 0.717) is 32.8 Å². The van der Waals surface area contributed by atoms with E-state index in [2.05, 4.69) is 23.2 Å². The summed E-state index contributed by atoms with van der Waals surface area (Å²) < 4.78 is 9.84. The molecule has 0 spiro atoms. The number of ether oxygens (including phenoxy) is 2. The maximum absolute atomic E-state index is 10.8. The zero-order chi connectivity index (χ0) is 25.2. The molecule has 13 heteroatoms. The van der Waals surface area contributed by atoms with Crippen LogP contribution in [0.1, 0.15) is 25.3 Å². The Morgan fingerprint density at radius 1 is 1.03 bits per heavy atom. The van der Waals surface area contributed by atoms with Gasteiger partial charge < -0.3 is 41.6 Å². The molecule has 1 amide bonds. The topological polar surface area (TPSA) is 177 Å². The zero-order valence-corrected chi connectivity index (χ0v) is 23.4. The number of aliphatic hydroxyl groups excluding tert-OH is 2. The summed E-state index contributed by atoms with van der Waals surface area (Å²) in [6.45, 7) is 3.50. The van der Waals surface area contributed by atoms with Crippen LogP contribution < -0.4 is 16.8 Å². The molecule has 2 aliphatic rings. The average Bonchev–Trinajstić information content (AvgIpc) is 2.80. The number of amides is 1. The highest BCUT2D eigenvalue weighted by Crippen LogP contribution is 2.05. The van der Waals surface area contributed by atoms with Crippen LogP contribution in [0.5, 0.6) is 0 Å². The molecule has 2 saturated heterocycles.